The summed E-state index contributed by atoms with van der Waals surface area (Å²) in [7, 11) is 0. The van der Waals surface area contributed by atoms with Crippen LogP contribution in [0.3, 0.4) is 0 Å². The summed E-state index contributed by atoms with van der Waals surface area (Å²) in [5.74, 6) is 1.83. The third-order valence-electron chi connectivity index (χ3n) is 4.28. The van der Waals surface area contributed by atoms with E-state index in [2.05, 4.69) is 34.3 Å². The minimum atomic E-state index is 0.382. The Labute approximate surface area is 123 Å². The second-order valence-electron chi connectivity index (χ2n) is 6.60. The maximum absolute atomic E-state index is 5.51. The van der Waals surface area contributed by atoms with Crippen molar-refractivity contribution in [3.63, 3.8) is 0 Å². The molecule has 0 radical (unpaired) electrons. The minimum Gasteiger partial charge on any atom is -0.337 e. The van der Waals surface area contributed by atoms with Crippen molar-refractivity contribution >= 4 is 0 Å². The van der Waals surface area contributed by atoms with Crippen LogP contribution in [0.2, 0.25) is 0 Å². The van der Waals surface area contributed by atoms with Crippen molar-refractivity contribution in [3.05, 3.63) is 23.6 Å². The van der Waals surface area contributed by atoms with Crippen molar-refractivity contribution in [1.82, 2.24) is 25.1 Å². The molecule has 2 aromatic rings. The van der Waals surface area contributed by atoms with Gasteiger partial charge in [0.1, 0.15) is 6.54 Å². The van der Waals surface area contributed by atoms with Gasteiger partial charge in [-0.05, 0) is 31.1 Å². The van der Waals surface area contributed by atoms with Crippen LogP contribution in [0.25, 0.3) is 0 Å². The van der Waals surface area contributed by atoms with Crippen molar-refractivity contribution in [2.24, 2.45) is 11.1 Å². The lowest BCUT2D eigenvalue weighted by Crippen LogP contribution is -2.20. The van der Waals surface area contributed by atoms with E-state index in [0.717, 1.165) is 24.4 Å². The van der Waals surface area contributed by atoms with Gasteiger partial charge in [0.05, 0.1) is 11.9 Å². The van der Waals surface area contributed by atoms with Gasteiger partial charge in [0.25, 0.3) is 0 Å². The Morgan fingerprint density at radius 1 is 1.38 bits per heavy atom. The first kappa shape index (κ1) is 14.2. The van der Waals surface area contributed by atoms with Crippen molar-refractivity contribution in [2.75, 3.05) is 0 Å². The van der Waals surface area contributed by atoms with Crippen LogP contribution in [0.15, 0.2) is 10.7 Å². The maximum Gasteiger partial charge on any atom is 0.248 e. The molecule has 0 unspecified atom stereocenters. The van der Waals surface area contributed by atoms with Gasteiger partial charge in [0, 0.05) is 12.5 Å². The fourth-order valence-corrected chi connectivity index (χ4v) is 2.80. The van der Waals surface area contributed by atoms with Gasteiger partial charge in [-0.25, -0.2) is 4.68 Å². The summed E-state index contributed by atoms with van der Waals surface area (Å²) < 4.78 is 7.01. The fraction of sp³-hybridized carbons (Fsp3) is 0.714. The maximum atomic E-state index is 5.51. The van der Waals surface area contributed by atoms with E-state index in [1.54, 1.807) is 10.9 Å². The van der Waals surface area contributed by atoms with Gasteiger partial charge >= 0.3 is 0 Å². The first-order valence-electron chi connectivity index (χ1n) is 7.47. The van der Waals surface area contributed by atoms with E-state index in [9.17, 15) is 0 Å². The average molecular weight is 290 g/mol. The molecule has 1 fully saturated rings. The number of rotatable bonds is 4. The summed E-state index contributed by atoms with van der Waals surface area (Å²) >= 11 is 0. The summed E-state index contributed by atoms with van der Waals surface area (Å²) in [6.45, 7) is 5.47. The van der Waals surface area contributed by atoms with Gasteiger partial charge < -0.3 is 10.3 Å². The zero-order valence-corrected chi connectivity index (χ0v) is 12.6. The fourth-order valence-electron chi connectivity index (χ4n) is 2.80. The van der Waals surface area contributed by atoms with Crippen LogP contribution in [0.4, 0.5) is 0 Å². The third-order valence-corrected chi connectivity index (χ3v) is 4.28. The van der Waals surface area contributed by atoms with Crippen LogP contribution < -0.4 is 5.73 Å². The first-order valence-corrected chi connectivity index (χ1v) is 7.47. The minimum absolute atomic E-state index is 0.382. The number of hydrogen-bond acceptors (Lipinski definition) is 6. The van der Waals surface area contributed by atoms with E-state index in [1.165, 1.54) is 12.8 Å². The molecule has 0 saturated heterocycles. The van der Waals surface area contributed by atoms with E-state index in [1.807, 2.05) is 0 Å². The molecule has 2 heterocycles. The number of hydrogen-bond donors (Lipinski definition) is 1. The van der Waals surface area contributed by atoms with Crippen molar-refractivity contribution in [3.8, 4) is 0 Å². The average Bonchev–Trinajstić information content (AvgIpc) is 3.08. The van der Waals surface area contributed by atoms with Gasteiger partial charge in [-0.3, -0.25) is 0 Å². The summed E-state index contributed by atoms with van der Waals surface area (Å²) in [6.07, 6.45) is 6.49. The lowest BCUT2D eigenvalue weighted by Gasteiger charge is -2.32. The largest absolute Gasteiger partial charge is 0.337 e. The molecule has 1 aliphatic carbocycles. The SMILES string of the molecule is CC1(C)CCC(c2noc(Cn3cc(CN)nn3)n2)CC1. The highest BCUT2D eigenvalue weighted by Gasteiger charge is 2.30. The van der Waals surface area contributed by atoms with Crippen LogP contribution in [0.1, 0.15) is 62.9 Å². The normalized spacial score (nSPS) is 19.0. The second-order valence-corrected chi connectivity index (χ2v) is 6.60. The van der Waals surface area contributed by atoms with E-state index >= 15 is 0 Å². The molecule has 7 heteroatoms. The zero-order valence-electron chi connectivity index (χ0n) is 12.6. The lowest BCUT2D eigenvalue weighted by molar-refractivity contribution is 0.218. The molecule has 1 saturated carbocycles. The van der Waals surface area contributed by atoms with Gasteiger partial charge in [0.2, 0.25) is 5.89 Å². The van der Waals surface area contributed by atoms with Crippen molar-refractivity contribution in [2.45, 2.75) is 58.5 Å². The molecular weight excluding hydrogens is 268 g/mol. The summed E-state index contributed by atoms with van der Waals surface area (Å²) in [6, 6.07) is 0. The predicted molar refractivity (Wildman–Crippen MR) is 76.3 cm³/mol. The Morgan fingerprint density at radius 2 is 2.14 bits per heavy atom. The standard InChI is InChI=1S/C14H22N6O/c1-14(2)5-3-10(4-6-14)13-16-12(21-18-13)9-20-8-11(7-15)17-19-20/h8,10H,3-7,9,15H2,1-2H3. The molecule has 0 spiro atoms. The van der Waals surface area contributed by atoms with E-state index in [-0.39, 0.29) is 0 Å². The van der Waals surface area contributed by atoms with Crippen LogP contribution in [-0.2, 0) is 13.1 Å². The van der Waals surface area contributed by atoms with Gasteiger partial charge in [-0.1, -0.05) is 24.2 Å². The number of nitrogens with zero attached hydrogens (tertiary/aromatic N) is 5. The molecule has 7 nitrogen and oxygen atoms in total. The molecule has 0 bridgehead atoms. The molecule has 0 aromatic carbocycles. The number of aromatic nitrogens is 5. The summed E-state index contributed by atoms with van der Waals surface area (Å²) in [5, 5.41) is 12.1. The van der Waals surface area contributed by atoms with Crippen LogP contribution in [0.5, 0.6) is 0 Å². The van der Waals surface area contributed by atoms with Crippen LogP contribution in [-0.4, -0.2) is 25.1 Å². The molecule has 0 atom stereocenters. The Kier molecular flexibility index (Phi) is 3.75. The molecule has 3 rings (SSSR count). The smallest absolute Gasteiger partial charge is 0.248 e. The predicted octanol–water partition coefficient (Wildman–Crippen LogP) is 1.85. The Balaban J connectivity index is 1.63. The number of nitrogens with two attached hydrogens (primary N) is 1. The van der Waals surface area contributed by atoms with Crippen LogP contribution >= 0.6 is 0 Å². The molecule has 21 heavy (non-hydrogen) atoms. The highest BCUT2D eigenvalue weighted by molar-refractivity contribution is 4.99. The Morgan fingerprint density at radius 3 is 2.81 bits per heavy atom. The molecule has 0 amide bonds. The highest BCUT2D eigenvalue weighted by Crippen LogP contribution is 2.41. The first-order chi connectivity index (χ1) is 10.1. The second kappa shape index (κ2) is 5.55. The van der Waals surface area contributed by atoms with E-state index in [0.29, 0.717) is 30.3 Å². The summed E-state index contributed by atoms with van der Waals surface area (Å²) in [4.78, 5) is 4.51. The Bertz CT molecular complexity index is 592. The molecular formula is C14H22N6O. The summed E-state index contributed by atoms with van der Waals surface area (Å²) in [5.41, 5.74) is 6.71. The molecule has 2 N–H and O–H groups in total. The zero-order chi connectivity index (χ0) is 14.9. The monoisotopic (exact) mass is 290 g/mol. The quantitative estimate of drug-likeness (QED) is 0.923. The van der Waals surface area contributed by atoms with Gasteiger partial charge in [0.15, 0.2) is 5.82 Å². The van der Waals surface area contributed by atoms with E-state index in [4.69, 9.17) is 10.3 Å². The molecule has 1 aliphatic rings. The lowest BCUT2D eigenvalue weighted by atomic mass is 9.73. The van der Waals surface area contributed by atoms with Crippen molar-refractivity contribution in [1.29, 1.82) is 0 Å². The third kappa shape index (κ3) is 3.29. The van der Waals surface area contributed by atoms with Crippen molar-refractivity contribution < 1.29 is 4.52 Å². The molecule has 2 aromatic heterocycles. The topological polar surface area (TPSA) is 95.7 Å². The van der Waals surface area contributed by atoms with Gasteiger partial charge in [-0.15, -0.1) is 5.10 Å². The molecule has 114 valence electrons. The van der Waals surface area contributed by atoms with E-state index < -0.39 is 0 Å². The Hall–Kier alpha value is -1.76. The molecule has 0 aliphatic heterocycles. The van der Waals surface area contributed by atoms with Crippen LogP contribution in [0, 0.1) is 5.41 Å². The highest BCUT2D eigenvalue weighted by atomic mass is 16.5. The van der Waals surface area contributed by atoms with Gasteiger partial charge in [-0.2, -0.15) is 4.98 Å².